The second-order valence-corrected chi connectivity index (χ2v) is 6.65. The summed E-state index contributed by atoms with van der Waals surface area (Å²) in [6.45, 7) is 2.27. The van der Waals surface area contributed by atoms with Crippen LogP contribution in [0.3, 0.4) is 0 Å². The summed E-state index contributed by atoms with van der Waals surface area (Å²) in [5.41, 5.74) is 4.93. The highest BCUT2D eigenvalue weighted by Gasteiger charge is 2.40. The molecule has 2 rings (SSSR count). The third-order valence-electron chi connectivity index (χ3n) is 5.31. The van der Waals surface area contributed by atoms with Crippen molar-refractivity contribution in [1.82, 2.24) is 5.43 Å². The molecule has 0 saturated heterocycles. The fourth-order valence-corrected chi connectivity index (χ4v) is 4.09. The Morgan fingerprint density at radius 2 is 1.76 bits per heavy atom. The van der Waals surface area contributed by atoms with Crippen LogP contribution in [0.25, 0.3) is 0 Å². The van der Waals surface area contributed by atoms with Crippen LogP contribution in [-0.4, -0.2) is 6.04 Å². The Labute approximate surface area is 130 Å². The van der Waals surface area contributed by atoms with Gasteiger partial charge in [-0.3, -0.25) is 11.3 Å². The smallest absolute Gasteiger partial charge is 0.0307 e. The second-order valence-electron chi connectivity index (χ2n) is 6.65. The van der Waals surface area contributed by atoms with E-state index in [0.29, 0.717) is 6.04 Å². The third-order valence-corrected chi connectivity index (χ3v) is 5.31. The number of hydrazine groups is 1. The summed E-state index contributed by atoms with van der Waals surface area (Å²) in [5.74, 6) is 5.99. The van der Waals surface area contributed by atoms with E-state index >= 15 is 0 Å². The van der Waals surface area contributed by atoms with Gasteiger partial charge in [-0.2, -0.15) is 0 Å². The molecule has 1 unspecified atom stereocenters. The standard InChI is InChI=1S/C19H32N2/c1-2-3-4-9-14-18(21-20)19(15-10-6-11-16-19)17-12-7-5-8-13-17/h5,7-8,12-13,18,21H,2-4,6,9-11,14-16,20H2,1H3. The van der Waals surface area contributed by atoms with Crippen LogP contribution in [0, 0.1) is 0 Å². The molecule has 1 saturated carbocycles. The maximum Gasteiger partial charge on any atom is 0.0307 e. The molecule has 0 radical (unpaired) electrons. The Hall–Kier alpha value is -0.860. The van der Waals surface area contributed by atoms with Crippen molar-refractivity contribution in [3.63, 3.8) is 0 Å². The minimum absolute atomic E-state index is 0.250. The van der Waals surface area contributed by atoms with E-state index in [0.717, 1.165) is 0 Å². The molecule has 0 aromatic heterocycles. The van der Waals surface area contributed by atoms with Crippen LogP contribution in [0.1, 0.15) is 76.7 Å². The van der Waals surface area contributed by atoms with Gasteiger partial charge in [0.1, 0.15) is 0 Å². The van der Waals surface area contributed by atoms with Crippen molar-refractivity contribution in [1.29, 1.82) is 0 Å². The summed E-state index contributed by atoms with van der Waals surface area (Å²) in [5, 5.41) is 0. The Morgan fingerprint density at radius 3 is 2.38 bits per heavy atom. The van der Waals surface area contributed by atoms with Crippen molar-refractivity contribution in [2.24, 2.45) is 5.84 Å². The van der Waals surface area contributed by atoms with Gasteiger partial charge in [-0.15, -0.1) is 0 Å². The largest absolute Gasteiger partial charge is 0.271 e. The van der Waals surface area contributed by atoms with E-state index in [1.807, 2.05) is 0 Å². The molecule has 1 aliphatic rings. The van der Waals surface area contributed by atoms with Crippen LogP contribution in [-0.2, 0) is 5.41 Å². The van der Waals surface area contributed by atoms with E-state index in [1.54, 1.807) is 0 Å². The molecule has 1 fully saturated rings. The molecule has 3 N–H and O–H groups in total. The Morgan fingerprint density at radius 1 is 1.05 bits per heavy atom. The first-order valence-corrected chi connectivity index (χ1v) is 8.85. The molecule has 118 valence electrons. The van der Waals surface area contributed by atoms with Gasteiger partial charge in [0, 0.05) is 11.5 Å². The number of rotatable bonds is 8. The van der Waals surface area contributed by atoms with Gasteiger partial charge in [0.2, 0.25) is 0 Å². The fraction of sp³-hybridized carbons (Fsp3) is 0.684. The molecule has 1 aliphatic carbocycles. The summed E-state index contributed by atoms with van der Waals surface area (Å²) in [7, 11) is 0. The number of hydrogen-bond donors (Lipinski definition) is 2. The second kappa shape index (κ2) is 8.55. The van der Waals surface area contributed by atoms with E-state index in [1.165, 1.54) is 69.8 Å². The average molecular weight is 288 g/mol. The molecule has 1 aromatic carbocycles. The molecule has 21 heavy (non-hydrogen) atoms. The monoisotopic (exact) mass is 288 g/mol. The minimum Gasteiger partial charge on any atom is -0.271 e. The Kier molecular flexibility index (Phi) is 6.72. The van der Waals surface area contributed by atoms with Crippen LogP contribution in [0.4, 0.5) is 0 Å². The van der Waals surface area contributed by atoms with Crippen LogP contribution in [0.5, 0.6) is 0 Å². The molecule has 0 spiro atoms. The van der Waals surface area contributed by atoms with Crippen molar-refractivity contribution in [2.75, 3.05) is 0 Å². The molecule has 0 bridgehead atoms. The maximum atomic E-state index is 5.99. The van der Waals surface area contributed by atoms with Gasteiger partial charge in [-0.05, 0) is 24.8 Å². The lowest BCUT2D eigenvalue weighted by Crippen LogP contribution is -2.52. The molecule has 0 amide bonds. The zero-order valence-corrected chi connectivity index (χ0v) is 13.6. The summed E-state index contributed by atoms with van der Waals surface area (Å²) < 4.78 is 0. The van der Waals surface area contributed by atoms with Crippen LogP contribution >= 0.6 is 0 Å². The van der Waals surface area contributed by atoms with Crippen LogP contribution in [0.2, 0.25) is 0 Å². The molecule has 0 aliphatic heterocycles. The predicted octanol–water partition coefficient (Wildman–Crippen LogP) is 4.69. The third kappa shape index (κ3) is 4.08. The predicted molar refractivity (Wildman–Crippen MR) is 91.1 cm³/mol. The minimum atomic E-state index is 0.250. The zero-order chi connectivity index (χ0) is 15.0. The first-order chi connectivity index (χ1) is 10.3. The van der Waals surface area contributed by atoms with Crippen molar-refractivity contribution < 1.29 is 0 Å². The summed E-state index contributed by atoms with van der Waals surface area (Å²) in [6.07, 6.45) is 13.1. The van der Waals surface area contributed by atoms with E-state index in [2.05, 4.69) is 42.7 Å². The topological polar surface area (TPSA) is 38.0 Å². The quantitative estimate of drug-likeness (QED) is 0.414. The number of nitrogens with two attached hydrogens (primary N) is 1. The van der Waals surface area contributed by atoms with Crippen molar-refractivity contribution in [3.8, 4) is 0 Å². The van der Waals surface area contributed by atoms with Crippen molar-refractivity contribution in [3.05, 3.63) is 35.9 Å². The van der Waals surface area contributed by atoms with E-state index in [9.17, 15) is 0 Å². The van der Waals surface area contributed by atoms with Crippen molar-refractivity contribution in [2.45, 2.75) is 82.6 Å². The van der Waals surface area contributed by atoms with Gasteiger partial charge in [0.25, 0.3) is 0 Å². The van der Waals surface area contributed by atoms with Gasteiger partial charge in [-0.1, -0.05) is 82.2 Å². The number of nitrogens with one attached hydrogen (secondary N) is 1. The molecule has 0 heterocycles. The van der Waals surface area contributed by atoms with Crippen LogP contribution < -0.4 is 11.3 Å². The SMILES string of the molecule is CCCCCCC(NN)C1(c2ccccc2)CCCCC1. The van der Waals surface area contributed by atoms with E-state index < -0.39 is 0 Å². The van der Waals surface area contributed by atoms with Gasteiger partial charge in [0.05, 0.1) is 0 Å². The molecule has 1 atom stereocenters. The highest BCUT2D eigenvalue weighted by atomic mass is 15.2. The molecule has 1 aromatic rings. The molecule has 2 heteroatoms. The number of benzene rings is 1. The fourth-order valence-electron chi connectivity index (χ4n) is 4.09. The Bertz CT molecular complexity index is 382. The van der Waals surface area contributed by atoms with E-state index in [4.69, 9.17) is 5.84 Å². The number of unbranched alkanes of at least 4 members (excludes halogenated alkanes) is 3. The van der Waals surface area contributed by atoms with Crippen molar-refractivity contribution >= 4 is 0 Å². The normalized spacial score (nSPS) is 19.3. The molecular weight excluding hydrogens is 256 g/mol. The summed E-state index contributed by atoms with van der Waals surface area (Å²) >= 11 is 0. The first kappa shape index (κ1) is 16.5. The van der Waals surface area contributed by atoms with E-state index in [-0.39, 0.29) is 5.41 Å². The van der Waals surface area contributed by atoms with Crippen LogP contribution in [0.15, 0.2) is 30.3 Å². The average Bonchev–Trinajstić information content (AvgIpc) is 2.56. The number of hydrogen-bond acceptors (Lipinski definition) is 2. The summed E-state index contributed by atoms with van der Waals surface area (Å²) in [6, 6.07) is 11.5. The molecular formula is C19H32N2. The highest BCUT2D eigenvalue weighted by molar-refractivity contribution is 5.28. The zero-order valence-electron chi connectivity index (χ0n) is 13.6. The highest BCUT2D eigenvalue weighted by Crippen LogP contribution is 2.43. The molecule has 2 nitrogen and oxygen atoms in total. The van der Waals surface area contributed by atoms with Gasteiger partial charge >= 0.3 is 0 Å². The Balaban J connectivity index is 2.13. The lowest BCUT2D eigenvalue weighted by atomic mass is 9.64. The first-order valence-electron chi connectivity index (χ1n) is 8.85. The van der Waals surface area contributed by atoms with Gasteiger partial charge in [-0.25, -0.2) is 0 Å². The lowest BCUT2D eigenvalue weighted by molar-refractivity contribution is 0.201. The lowest BCUT2D eigenvalue weighted by Gasteiger charge is -2.44. The maximum absolute atomic E-state index is 5.99. The van der Waals surface area contributed by atoms with Gasteiger partial charge < -0.3 is 0 Å². The van der Waals surface area contributed by atoms with Gasteiger partial charge in [0.15, 0.2) is 0 Å². The summed E-state index contributed by atoms with van der Waals surface area (Å²) in [4.78, 5) is 0.